The quantitative estimate of drug-likeness (QED) is 0.691. The second-order valence-electron chi connectivity index (χ2n) is 2.48. The lowest BCUT2D eigenvalue weighted by Gasteiger charge is -1.92. The molecule has 1 nitrogen and oxygen atoms in total. The van der Waals surface area contributed by atoms with Crippen molar-refractivity contribution in [2.75, 3.05) is 0 Å². The first-order chi connectivity index (χ1) is 6.20. The number of rotatable bonds is 1. The van der Waals surface area contributed by atoms with Gasteiger partial charge in [0.2, 0.25) is 0 Å². The van der Waals surface area contributed by atoms with E-state index >= 15 is 0 Å². The second kappa shape index (κ2) is 3.85. The molecule has 0 saturated carbocycles. The molecule has 0 aliphatic carbocycles. The van der Waals surface area contributed by atoms with Crippen LogP contribution >= 0.6 is 54.8 Å². The molecule has 0 aliphatic rings. The molecule has 0 unspecified atom stereocenters. The van der Waals surface area contributed by atoms with Crippen molar-refractivity contribution in [2.24, 2.45) is 0 Å². The van der Waals surface area contributed by atoms with E-state index in [1.165, 1.54) is 0 Å². The smallest absolute Gasteiger partial charge is 0.104 e. The van der Waals surface area contributed by atoms with Gasteiger partial charge in [0.05, 0.1) is 15.5 Å². The Hall–Kier alpha value is 0.360. The fourth-order valence-electron chi connectivity index (χ4n) is 1.06. The van der Waals surface area contributed by atoms with Gasteiger partial charge < -0.3 is 0 Å². The van der Waals surface area contributed by atoms with Crippen LogP contribution in [0.15, 0.2) is 16.6 Å². The van der Waals surface area contributed by atoms with Crippen molar-refractivity contribution < 1.29 is 0 Å². The second-order valence-corrected chi connectivity index (χ2v) is 5.44. The maximum Gasteiger partial charge on any atom is 0.104 e. The lowest BCUT2D eigenvalue weighted by atomic mass is 10.3. The van der Waals surface area contributed by atoms with Crippen molar-refractivity contribution in [2.45, 2.75) is 5.33 Å². The van der Waals surface area contributed by atoms with Crippen LogP contribution in [0.1, 0.15) is 5.01 Å². The summed E-state index contributed by atoms with van der Waals surface area (Å²) in [6, 6.07) is 3.80. The SMILES string of the molecule is Clc1cc(Br)c2nc(CBr)sc2c1. The summed E-state index contributed by atoms with van der Waals surface area (Å²) in [6.45, 7) is 0. The Labute approximate surface area is 101 Å². The van der Waals surface area contributed by atoms with Crippen molar-refractivity contribution in [1.29, 1.82) is 0 Å². The summed E-state index contributed by atoms with van der Waals surface area (Å²) in [7, 11) is 0. The lowest BCUT2D eigenvalue weighted by molar-refractivity contribution is 1.32. The maximum absolute atomic E-state index is 5.91. The molecule has 0 saturated heterocycles. The Balaban J connectivity index is 2.75. The van der Waals surface area contributed by atoms with E-state index in [1.54, 1.807) is 11.3 Å². The van der Waals surface area contributed by atoms with Crippen molar-refractivity contribution in [3.63, 3.8) is 0 Å². The van der Waals surface area contributed by atoms with Crippen LogP contribution in [0.4, 0.5) is 0 Å². The Morgan fingerprint density at radius 2 is 2.23 bits per heavy atom. The van der Waals surface area contributed by atoms with E-state index in [1.807, 2.05) is 12.1 Å². The zero-order valence-corrected chi connectivity index (χ0v) is 11.1. The summed E-state index contributed by atoms with van der Waals surface area (Å²) in [5.74, 6) is 0. The Morgan fingerprint density at radius 1 is 1.46 bits per heavy atom. The number of benzene rings is 1. The molecule has 0 aliphatic heterocycles. The minimum Gasteiger partial charge on any atom is -0.239 e. The van der Waals surface area contributed by atoms with E-state index in [2.05, 4.69) is 36.8 Å². The van der Waals surface area contributed by atoms with Crippen LogP contribution in [0.5, 0.6) is 0 Å². The van der Waals surface area contributed by atoms with Gasteiger partial charge in [-0.1, -0.05) is 27.5 Å². The van der Waals surface area contributed by atoms with Crippen molar-refractivity contribution >= 4 is 65.0 Å². The number of nitrogens with zero attached hydrogens (tertiary/aromatic N) is 1. The largest absolute Gasteiger partial charge is 0.239 e. The van der Waals surface area contributed by atoms with Crippen LogP contribution in [0.3, 0.4) is 0 Å². The number of hydrogen-bond donors (Lipinski definition) is 0. The van der Waals surface area contributed by atoms with Crippen LogP contribution in [0.2, 0.25) is 5.02 Å². The summed E-state index contributed by atoms with van der Waals surface area (Å²) in [5.41, 5.74) is 0.990. The zero-order valence-electron chi connectivity index (χ0n) is 6.35. The number of aromatic nitrogens is 1. The summed E-state index contributed by atoms with van der Waals surface area (Å²) >= 11 is 14.4. The van der Waals surface area contributed by atoms with Crippen LogP contribution in [0.25, 0.3) is 10.2 Å². The summed E-state index contributed by atoms with van der Waals surface area (Å²) in [4.78, 5) is 4.44. The Kier molecular flexibility index (Phi) is 2.93. The highest BCUT2D eigenvalue weighted by molar-refractivity contribution is 9.10. The standard InChI is InChI=1S/C8H4Br2ClNS/c9-3-7-12-8-5(10)1-4(11)2-6(8)13-7/h1-2H,3H2. The molecule has 0 fully saturated rings. The van der Waals surface area contributed by atoms with Gasteiger partial charge in [-0.05, 0) is 28.1 Å². The average Bonchev–Trinajstić information content (AvgIpc) is 2.47. The molecule has 0 N–H and O–H groups in total. The van der Waals surface area contributed by atoms with Gasteiger partial charge in [0.1, 0.15) is 5.01 Å². The van der Waals surface area contributed by atoms with Gasteiger partial charge in [-0.25, -0.2) is 4.98 Å². The average molecular weight is 341 g/mol. The molecule has 13 heavy (non-hydrogen) atoms. The van der Waals surface area contributed by atoms with E-state index in [0.717, 1.165) is 30.0 Å². The van der Waals surface area contributed by atoms with E-state index in [0.29, 0.717) is 0 Å². The molecule has 0 bridgehead atoms. The molecule has 0 spiro atoms. The highest BCUT2D eigenvalue weighted by atomic mass is 79.9. The number of hydrogen-bond acceptors (Lipinski definition) is 2. The maximum atomic E-state index is 5.91. The lowest BCUT2D eigenvalue weighted by Crippen LogP contribution is -1.74. The number of alkyl halides is 1. The minimum absolute atomic E-state index is 0.740. The topological polar surface area (TPSA) is 12.9 Å². The van der Waals surface area contributed by atoms with Crippen LogP contribution in [-0.4, -0.2) is 4.98 Å². The van der Waals surface area contributed by atoms with E-state index in [9.17, 15) is 0 Å². The Morgan fingerprint density at radius 3 is 2.92 bits per heavy atom. The molecule has 0 radical (unpaired) electrons. The number of thiazole rings is 1. The third-order valence-electron chi connectivity index (χ3n) is 1.57. The summed E-state index contributed by atoms with van der Waals surface area (Å²) in [5, 5.41) is 2.60. The first-order valence-electron chi connectivity index (χ1n) is 3.51. The third kappa shape index (κ3) is 1.91. The Bertz CT molecular complexity index is 455. The molecule has 1 aromatic carbocycles. The first kappa shape index (κ1) is 9.90. The van der Waals surface area contributed by atoms with Gasteiger partial charge in [-0.15, -0.1) is 11.3 Å². The van der Waals surface area contributed by atoms with Crippen LogP contribution in [-0.2, 0) is 5.33 Å². The monoisotopic (exact) mass is 339 g/mol. The van der Waals surface area contributed by atoms with E-state index in [-0.39, 0.29) is 0 Å². The fourth-order valence-corrected chi connectivity index (χ4v) is 3.51. The van der Waals surface area contributed by atoms with Gasteiger partial charge >= 0.3 is 0 Å². The van der Waals surface area contributed by atoms with Gasteiger partial charge in [-0.3, -0.25) is 0 Å². The molecule has 1 aromatic heterocycles. The fraction of sp³-hybridized carbons (Fsp3) is 0.125. The van der Waals surface area contributed by atoms with Crippen molar-refractivity contribution in [3.8, 4) is 0 Å². The van der Waals surface area contributed by atoms with E-state index < -0.39 is 0 Å². The van der Waals surface area contributed by atoms with Gasteiger partial charge in [0, 0.05) is 9.50 Å². The normalized spacial score (nSPS) is 11.0. The first-order valence-corrected chi connectivity index (χ1v) is 6.62. The number of fused-ring (bicyclic) bond motifs is 1. The van der Waals surface area contributed by atoms with Crippen molar-refractivity contribution in [1.82, 2.24) is 4.98 Å². The molecule has 0 atom stereocenters. The molecule has 0 amide bonds. The summed E-state index contributed by atoms with van der Waals surface area (Å²) in [6.07, 6.45) is 0. The minimum atomic E-state index is 0.740. The van der Waals surface area contributed by atoms with Gasteiger partial charge in [-0.2, -0.15) is 0 Å². The highest BCUT2D eigenvalue weighted by Gasteiger charge is 2.06. The molecular formula is C8H4Br2ClNS. The number of halogens is 3. The predicted molar refractivity (Wildman–Crippen MR) is 65.0 cm³/mol. The molecule has 68 valence electrons. The van der Waals surface area contributed by atoms with Gasteiger partial charge in [0.25, 0.3) is 0 Å². The molecule has 1 heterocycles. The molecule has 5 heteroatoms. The van der Waals surface area contributed by atoms with Crippen LogP contribution in [0, 0.1) is 0 Å². The third-order valence-corrected chi connectivity index (χ3v) is 4.30. The van der Waals surface area contributed by atoms with Gasteiger partial charge in [0.15, 0.2) is 0 Å². The predicted octanol–water partition coefficient (Wildman–Crippen LogP) is 4.61. The summed E-state index contributed by atoms with van der Waals surface area (Å²) < 4.78 is 2.08. The zero-order chi connectivity index (χ0) is 9.42. The molecule has 2 aromatic rings. The van der Waals surface area contributed by atoms with E-state index in [4.69, 9.17) is 11.6 Å². The highest BCUT2D eigenvalue weighted by Crippen LogP contribution is 2.32. The van der Waals surface area contributed by atoms with Crippen LogP contribution < -0.4 is 0 Å². The van der Waals surface area contributed by atoms with Crippen molar-refractivity contribution in [3.05, 3.63) is 26.6 Å². The molecule has 2 rings (SSSR count). The molecular weight excluding hydrogens is 337 g/mol.